The van der Waals surface area contributed by atoms with Gasteiger partial charge in [0.25, 0.3) is 0 Å². The molecule has 1 aromatic rings. The molecule has 0 aliphatic heterocycles. The van der Waals surface area contributed by atoms with Crippen molar-refractivity contribution >= 4 is 11.6 Å². The molecule has 4 nitrogen and oxygen atoms in total. The first-order chi connectivity index (χ1) is 8.28. The van der Waals surface area contributed by atoms with Crippen molar-refractivity contribution < 1.29 is 14.3 Å². The van der Waals surface area contributed by atoms with E-state index in [1.165, 1.54) is 12.1 Å². The quantitative estimate of drug-likeness (QED) is 0.836. The van der Waals surface area contributed by atoms with Gasteiger partial charge in [-0.2, -0.15) is 0 Å². The highest BCUT2D eigenvalue weighted by Crippen LogP contribution is 2.12. The number of benzene rings is 1. The summed E-state index contributed by atoms with van der Waals surface area (Å²) in [7, 11) is 1.72. The SMILES string of the molecule is CN(CC(=O)Nc1ccccc1F)CC(C)(C)O. The fraction of sp³-hybridized carbons (Fsp3) is 0.462. The van der Waals surface area contributed by atoms with Gasteiger partial charge < -0.3 is 10.4 Å². The molecule has 0 fully saturated rings. The maximum absolute atomic E-state index is 13.3. The van der Waals surface area contributed by atoms with Crippen LogP contribution in [0, 0.1) is 5.82 Å². The summed E-state index contributed by atoms with van der Waals surface area (Å²) in [5.41, 5.74) is -0.702. The Morgan fingerprint density at radius 2 is 2.06 bits per heavy atom. The predicted octanol–water partition coefficient (Wildman–Crippen LogP) is 1.47. The van der Waals surface area contributed by atoms with E-state index in [-0.39, 0.29) is 18.1 Å². The molecule has 0 atom stereocenters. The summed E-state index contributed by atoms with van der Waals surface area (Å²) >= 11 is 0. The molecule has 0 bridgehead atoms. The van der Waals surface area contributed by atoms with Gasteiger partial charge in [0.1, 0.15) is 5.82 Å². The molecule has 1 rings (SSSR count). The number of amides is 1. The van der Waals surface area contributed by atoms with Crippen LogP contribution in [0.25, 0.3) is 0 Å². The van der Waals surface area contributed by atoms with Crippen molar-refractivity contribution in [3.63, 3.8) is 0 Å². The summed E-state index contributed by atoms with van der Waals surface area (Å²) in [6, 6.07) is 6.00. The molecule has 18 heavy (non-hydrogen) atoms. The van der Waals surface area contributed by atoms with Crippen molar-refractivity contribution in [2.24, 2.45) is 0 Å². The molecule has 2 N–H and O–H groups in total. The van der Waals surface area contributed by atoms with Crippen LogP contribution in [-0.2, 0) is 4.79 Å². The number of anilines is 1. The Labute approximate surface area is 106 Å². The number of carbonyl (C=O) groups excluding carboxylic acids is 1. The number of nitrogens with one attached hydrogen (secondary N) is 1. The summed E-state index contributed by atoms with van der Waals surface area (Å²) in [4.78, 5) is 13.3. The summed E-state index contributed by atoms with van der Waals surface area (Å²) in [5.74, 6) is -0.775. The second kappa shape index (κ2) is 5.93. The highest BCUT2D eigenvalue weighted by atomic mass is 19.1. The van der Waals surface area contributed by atoms with Crippen LogP contribution in [0.3, 0.4) is 0 Å². The van der Waals surface area contributed by atoms with Gasteiger partial charge in [-0.3, -0.25) is 9.69 Å². The number of para-hydroxylation sites is 1. The van der Waals surface area contributed by atoms with E-state index in [4.69, 9.17) is 0 Å². The number of carbonyl (C=O) groups is 1. The first-order valence-corrected chi connectivity index (χ1v) is 5.73. The van der Waals surface area contributed by atoms with Crippen molar-refractivity contribution in [3.05, 3.63) is 30.1 Å². The van der Waals surface area contributed by atoms with E-state index < -0.39 is 11.4 Å². The zero-order valence-electron chi connectivity index (χ0n) is 10.9. The zero-order valence-corrected chi connectivity index (χ0v) is 10.9. The lowest BCUT2D eigenvalue weighted by molar-refractivity contribution is -0.117. The average Bonchev–Trinajstić information content (AvgIpc) is 2.18. The lowest BCUT2D eigenvalue weighted by Crippen LogP contribution is -2.40. The van der Waals surface area contributed by atoms with Crippen LogP contribution in [0.2, 0.25) is 0 Å². The van der Waals surface area contributed by atoms with Crippen LogP contribution >= 0.6 is 0 Å². The van der Waals surface area contributed by atoms with E-state index in [0.29, 0.717) is 6.54 Å². The third-order valence-corrected chi connectivity index (χ3v) is 2.22. The molecule has 0 aromatic heterocycles. The van der Waals surface area contributed by atoms with Gasteiger partial charge >= 0.3 is 0 Å². The smallest absolute Gasteiger partial charge is 0.238 e. The van der Waals surface area contributed by atoms with Crippen LogP contribution in [-0.4, -0.2) is 41.7 Å². The van der Waals surface area contributed by atoms with Crippen LogP contribution in [0.15, 0.2) is 24.3 Å². The summed E-state index contributed by atoms with van der Waals surface area (Å²) in [5, 5.41) is 12.1. The highest BCUT2D eigenvalue weighted by Gasteiger charge is 2.17. The number of hydrogen-bond donors (Lipinski definition) is 2. The van der Waals surface area contributed by atoms with Gasteiger partial charge in [-0.15, -0.1) is 0 Å². The largest absolute Gasteiger partial charge is 0.389 e. The van der Waals surface area contributed by atoms with Gasteiger partial charge in [-0.05, 0) is 33.0 Å². The Balaban J connectivity index is 2.50. The fourth-order valence-corrected chi connectivity index (χ4v) is 1.71. The molecule has 0 spiro atoms. The molecule has 5 heteroatoms. The summed E-state index contributed by atoms with van der Waals surface area (Å²) < 4.78 is 13.3. The highest BCUT2D eigenvalue weighted by molar-refractivity contribution is 5.92. The third-order valence-electron chi connectivity index (χ3n) is 2.22. The molecular weight excluding hydrogens is 235 g/mol. The lowest BCUT2D eigenvalue weighted by Gasteiger charge is -2.24. The van der Waals surface area contributed by atoms with Crippen molar-refractivity contribution in [2.45, 2.75) is 19.4 Å². The van der Waals surface area contributed by atoms with E-state index >= 15 is 0 Å². The summed E-state index contributed by atoms with van der Waals surface area (Å²) in [6.07, 6.45) is 0. The molecule has 1 aromatic carbocycles. The van der Waals surface area contributed by atoms with E-state index in [0.717, 1.165) is 0 Å². The predicted molar refractivity (Wildman–Crippen MR) is 68.8 cm³/mol. The van der Waals surface area contributed by atoms with Crippen molar-refractivity contribution in [2.75, 3.05) is 25.5 Å². The Kier molecular flexibility index (Phi) is 4.81. The van der Waals surface area contributed by atoms with E-state index in [9.17, 15) is 14.3 Å². The van der Waals surface area contributed by atoms with Crippen molar-refractivity contribution in [1.82, 2.24) is 4.90 Å². The Hall–Kier alpha value is -1.46. The average molecular weight is 254 g/mol. The second-order valence-electron chi connectivity index (χ2n) is 5.01. The molecule has 0 unspecified atom stereocenters. The van der Waals surface area contributed by atoms with Crippen molar-refractivity contribution in [1.29, 1.82) is 0 Å². The molecule has 0 saturated heterocycles. The number of rotatable bonds is 5. The minimum absolute atomic E-state index is 0.0956. The number of aliphatic hydroxyl groups is 1. The molecule has 0 heterocycles. The maximum Gasteiger partial charge on any atom is 0.238 e. The van der Waals surface area contributed by atoms with Crippen LogP contribution in [0.1, 0.15) is 13.8 Å². The number of hydrogen-bond acceptors (Lipinski definition) is 3. The molecule has 0 aliphatic rings. The first kappa shape index (κ1) is 14.6. The first-order valence-electron chi connectivity index (χ1n) is 5.73. The van der Waals surface area contributed by atoms with Crippen LogP contribution in [0.5, 0.6) is 0 Å². The number of halogens is 1. The maximum atomic E-state index is 13.3. The second-order valence-corrected chi connectivity index (χ2v) is 5.01. The lowest BCUT2D eigenvalue weighted by atomic mass is 10.1. The van der Waals surface area contributed by atoms with Crippen LogP contribution in [0.4, 0.5) is 10.1 Å². The number of nitrogens with zero attached hydrogens (tertiary/aromatic N) is 1. The van der Waals surface area contributed by atoms with Crippen molar-refractivity contribution in [3.8, 4) is 0 Å². The van der Waals surface area contributed by atoms with Crippen LogP contribution < -0.4 is 5.32 Å². The molecule has 0 saturated carbocycles. The topological polar surface area (TPSA) is 52.6 Å². The molecule has 1 amide bonds. The van der Waals surface area contributed by atoms with E-state index in [1.54, 1.807) is 37.9 Å². The fourth-order valence-electron chi connectivity index (χ4n) is 1.71. The third kappa shape index (κ3) is 5.25. The number of likely N-dealkylation sites (N-methyl/N-ethyl adjacent to an activating group) is 1. The minimum Gasteiger partial charge on any atom is -0.389 e. The molecular formula is C13H19FN2O2. The van der Waals surface area contributed by atoms with E-state index in [2.05, 4.69) is 5.32 Å². The summed E-state index contributed by atoms with van der Waals surface area (Å²) in [6.45, 7) is 3.78. The monoisotopic (exact) mass is 254 g/mol. The Morgan fingerprint density at radius 1 is 1.44 bits per heavy atom. The minimum atomic E-state index is -0.868. The van der Waals surface area contributed by atoms with E-state index in [1.807, 2.05) is 0 Å². The zero-order chi connectivity index (χ0) is 13.8. The molecule has 0 aliphatic carbocycles. The molecule has 100 valence electrons. The Bertz CT molecular complexity index is 416. The van der Waals surface area contributed by atoms with Gasteiger partial charge in [0.15, 0.2) is 0 Å². The van der Waals surface area contributed by atoms with Gasteiger partial charge in [-0.1, -0.05) is 12.1 Å². The van der Waals surface area contributed by atoms with Gasteiger partial charge in [0, 0.05) is 6.54 Å². The van der Waals surface area contributed by atoms with Gasteiger partial charge in [-0.25, -0.2) is 4.39 Å². The van der Waals surface area contributed by atoms with Gasteiger partial charge in [0.2, 0.25) is 5.91 Å². The van der Waals surface area contributed by atoms with Gasteiger partial charge in [0.05, 0.1) is 17.8 Å². The standard InChI is InChI=1S/C13H19FN2O2/c1-13(2,18)9-16(3)8-12(17)15-11-7-5-4-6-10(11)14/h4-7,18H,8-9H2,1-3H3,(H,15,17). The molecule has 0 radical (unpaired) electrons. The Morgan fingerprint density at radius 3 is 2.61 bits per heavy atom. The normalized spacial score (nSPS) is 11.7.